The van der Waals surface area contributed by atoms with Gasteiger partial charge in [0.15, 0.2) is 6.04 Å². The SMILES string of the molecule is COC(=O)C(c1cccc2ccccc12)N1CC(N2C(=O)c3ccccc3C2=O)C1=O. The van der Waals surface area contributed by atoms with Crippen molar-refractivity contribution in [1.82, 2.24) is 9.80 Å². The molecule has 0 N–H and O–H groups in total. The zero-order chi connectivity index (χ0) is 21.7. The molecule has 2 heterocycles. The minimum atomic E-state index is -0.963. The van der Waals surface area contributed by atoms with Gasteiger partial charge in [-0.1, -0.05) is 54.6 Å². The fourth-order valence-corrected chi connectivity index (χ4v) is 4.37. The summed E-state index contributed by atoms with van der Waals surface area (Å²) in [5, 5.41) is 1.76. The molecule has 7 heteroatoms. The minimum Gasteiger partial charge on any atom is -0.467 e. The molecule has 0 aromatic heterocycles. The van der Waals surface area contributed by atoms with Gasteiger partial charge >= 0.3 is 5.97 Å². The van der Waals surface area contributed by atoms with Crippen LogP contribution in [-0.4, -0.2) is 53.2 Å². The van der Waals surface area contributed by atoms with Gasteiger partial charge in [0.05, 0.1) is 24.8 Å². The number of benzene rings is 3. The van der Waals surface area contributed by atoms with E-state index in [1.54, 1.807) is 30.3 Å². The molecular weight excluding hydrogens is 396 g/mol. The molecular formula is C24H18N2O5. The van der Waals surface area contributed by atoms with Gasteiger partial charge in [-0.3, -0.25) is 19.3 Å². The minimum absolute atomic E-state index is 0.0628. The lowest BCUT2D eigenvalue weighted by atomic mass is 9.93. The van der Waals surface area contributed by atoms with E-state index < -0.39 is 35.8 Å². The van der Waals surface area contributed by atoms with Crippen molar-refractivity contribution in [2.45, 2.75) is 12.1 Å². The molecule has 7 nitrogen and oxygen atoms in total. The zero-order valence-electron chi connectivity index (χ0n) is 16.6. The van der Waals surface area contributed by atoms with Crippen molar-refractivity contribution in [2.24, 2.45) is 0 Å². The molecule has 1 saturated heterocycles. The Labute approximate surface area is 177 Å². The summed E-state index contributed by atoms with van der Waals surface area (Å²) in [7, 11) is 1.27. The number of nitrogens with zero attached hydrogens (tertiary/aromatic N) is 2. The fourth-order valence-electron chi connectivity index (χ4n) is 4.37. The molecule has 31 heavy (non-hydrogen) atoms. The van der Waals surface area contributed by atoms with Crippen LogP contribution in [0, 0.1) is 0 Å². The van der Waals surface area contributed by atoms with Crippen LogP contribution < -0.4 is 0 Å². The molecule has 2 aliphatic rings. The van der Waals surface area contributed by atoms with Crippen molar-refractivity contribution in [3.63, 3.8) is 0 Å². The van der Waals surface area contributed by atoms with Crippen LogP contribution in [0.2, 0.25) is 0 Å². The lowest BCUT2D eigenvalue weighted by molar-refractivity contribution is -0.163. The van der Waals surface area contributed by atoms with Crippen LogP contribution in [-0.2, 0) is 14.3 Å². The van der Waals surface area contributed by atoms with Gasteiger partial charge < -0.3 is 9.64 Å². The summed E-state index contributed by atoms with van der Waals surface area (Å²) < 4.78 is 4.99. The van der Waals surface area contributed by atoms with Gasteiger partial charge in [0.25, 0.3) is 11.8 Å². The van der Waals surface area contributed by atoms with Gasteiger partial charge in [-0.05, 0) is 28.5 Å². The number of hydrogen-bond acceptors (Lipinski definition) is 5. The summed E-state index contributed by atoms with van der Waals surface area (Å²) in [6.45, 7) is 0.0628. The molecule has 0 radical (unpaired) electrons. The molecule has 0 saturated carbocycles. The number of esters is 1. The second kappa shape index (κ2) is 7.05. The number of β-lactam (4-membered cyclic amide) rings is 1. The average molecular weight is 414 g/mol. The highest BCUT2D eigenvalue weighted by molar-refractivity contribution is 6.23. The van der Waals surface area contributed by atoms with Crippen LogP contribution in [0.4, 0.5) is 0 Å². The molecule has 154 valence electrons. The normalized spacial score (nSPS) is 18.7. The highest BCUT2D eigenvalue weighted by Gasteiger charge is 2.53. The second-order valence-corrected chi connectivity index (χ2v) is 7.53. The molecule has 0 bridgehead atoms. The topological polar surface area (TPSA) is 84.0 Å². The van der Waals surface area contributed by atoms with Crippen LogP contribution >= 0.6 is 0 Å². The van der Waals surface area contributed by atoms with Crippen molar-refractivity contribution in [1.29, 1.82) is 0 Å². The number of carbonyl (C=O) groups is 4. The molecule has 2 atom stereocenters. The van der Waals surface area contributed by atoms with Crippen LogP contribution in [0.3, 0.4) is 0 Å². The average Bonchev–Trinajstić information content (AvgIpc) is 3.05. The molecule has 0 aliphatic carbocycles. The quantitative estimate of drug-likeness (QED) is 0.372. The third kappa shape index (κ3) is 2.73. The lowest BCUT2D eigenvalue weighted by Crippen LogP contribution is -2.66. The van der Waals surface area contributed by atoms with Gasteiger partial charge in [-0.2, -0.15) is 0 Å². The summed E-state index contributed by atoms with van der Waals surface area (Å²) in [5.41, 5.74) is 1.22. The first kappa shape index (κ1) is 19.0. The maximum atomic E-state index is 13.1. The molecule has 5 rings (SSSR count). The molecule has 0 spiro atoms. The first-order valence-corrected chi connectivity index (χ1v) is 9.86. The van der Waals surface area contributed by atoms with Gasteiger partial charge in [0, 0.05) is 0 Å². The molecule has 2 unspecified atom stereocenters. The zero-order valence-corrected chi connectivity index (χ0v) is 16.6. The van der Waals surface area contributed by atoms with E-state index in [1.165, 1.54) is 12.0 Å². The van der Waals surface area contributed by atoms with Gasteiger partial charge in [-0.25, -0.2) is 4.79 Å². The van der Waals surface area contributed by atoms with Crippen molar-refractivity contribution < 1.29 is 23.9 Å². The molecule has 2 aliphatic heterocycles. The largest absolute Gasteiger partial charge is 0.467 e. The highest BCUT2D eigenvalue weighted by atomic mass is 16.5. The third-order valence-electron chi connectivity index (χ3n) is 5.93. The first-order valence-electron chi connectivity index (χ1n) is 9.86. The number of hydrogen-bond donors (Lipinski definition) is 0. The Balaban J connectivity index is 1.48. The predicted octanol–water partition coefficient (Wildman–Crippen LogP) is 2.56. The Morgan fingerprint density at radius 2 is 1.52 bits per heavy atom. The van der Waals surface area contributed by atoms with Crippen LogP contribution in [0.25, 0.3) is 10.8 Å². The number of methoxy groups -OCH3 is 1. The number of likely N-dealkylation sites (tertiary alicyclic amines) is 1. The second-order valence-electron chi connectivity index (χ2n) is 7.53. The summed E-state index contributed by atoms with van der Waals surface area (Å²) in [4.78, 5) is 53.7. The smallest absolute Gasteiger partial charge is 0.333 e. The predicted molar refractivity (Wildman–Crippen MR) is 111 cm³/mol. The summed E-state index contributed by atoms with van der Waals surface area (Å²) in [5.74, 6) is -2.01. The van der Waals surface area contributed by atoms with Gasteiger partial charge in [0.1, 0.15) is 6.04 Å². The van der Waals surface area contributed by atoms with Crippen molar-refractivity contribution in [3.05, 3.63) is 83.4 Å². The third-order valence-corrected chi connectivity index (χ3v) is 5.93. The number of fused-ring (bicyclic) bond motifs is 2. The van der Waals surface area contributed by atoms with E-state index in [2.05, 4.69) is 0 Å². The Hall–Kier alpha value is -4.00. The number of amides is 3. The van der Waals surface area contributed by atoms with E-state index in [4.69, 9.17) is 4.74 Å². The Bertz CT molecular complexity index is 1230. The molecule has 1 fully saturated rings. The number of ether oxygens (including phenoxy) is 1. The lowest BCUT2D eigenvalue weighted by Gasteiger charge is -2.45. The maximum absolute atomic E-state index is 13.1. The van der Waals surface area contributed by atoms with E-state index in [9.17, 15) is 19.2 Å². The van der Waals surface area contributed by atoms with Crippen molar-refractivity contribution >= 4 is 34.5 Å². The molecule has 3 amide bonds. The van der Waals surface area contributed by atoms with Gasteiger partial charge in [-0.15, -0.1) is 0 Å². The summed E-state index contributed by atoms with van der Waals surface area (Å²) in [6.07, 6.45) is 0. The highest BCUT2D eigenvalue weighted by Crippen LogP contribution is 2.36. The number of carbonyl (C=O) groups excluding carboxylic acids is 4. The van der Waals surface area contributed by atoms with E-state index in [0.717, 1.165) is 15.7 Å². The summed E-state index contributed by atoms with van der Waals surface area (Å²) in [6, 6.07) is 17.7. The van der Waals surface area contributed by atoms with E-state index >= 15 is 0 Å². The van der Waals surface area contributed by atoms with E-state index in [-0.39, 0.29) is 17.7 Å². The molecule has 3 aromatic carbocycles. The first-order chi connectivity index (χ1) is 15.0. The number of rotatable bonds is 4. The standard InChI is InChI=1S/C24H18N2O5/c1-31-24(30)20(16-12-6-8-14-7-2-3-9-15(14)16)25-13-19(23(25)29)26-21(27)17-10-4-5-11-18(17)22(26)28/h2-12,19-20H,13H2,1H3. The Kier molecular flexibility index (Phi) is 4.32. The van der Waals surface area contributed by atoms with Gasteiger partial charge in [0.2, 0.25) is 5.91 Å². The fraction of sp³-hybridized carbons (Fsp3) is 0.167. The van der Waals surface area contributed by atoms with Crippen LogP contribution in [0.1, 0.15) is 32.3 Å². The van der Waals surface area contributed by atoms with Crippen LogP contribution in [0.15, 0.2) is 66.7 Å². The summed E-state index contributed by atoms with van der Waals surface area (Å²) >= 11 is 0. The van der Waals surface area contributed by atoms with E-state index in [1.807, 2.05) is 36.4 Å². The monoisotopic (exact) mass is 414 g/mol. The van der Waals surface area contributed by atoms with Crippen molar-refractivity contribution in [2.75, 3.05) is 13.7 Å². The number of imide groups is 1. The molecule has 3 aromatic rings. The van der Waals surface area contributed by atoms with Crippen LogP contribution in [0.5, 0.6) is 0 Å². The Morgan fingerprint density at radius 1 is 0.903 bits per heavy atom. The van der Waals surface area contributed by atoms with E-state index in [0.29, 0.717) is 5.56 Å². The van der Waals surface area contributed by atoms with Crippen molar-refractivity contribution in [3.8, 4) is 0 Å². The Morgan fingerprint density at radius 3 is 2.16 bits per heavy atom. The maximum Gasteiger partial charge on any atom is 0.333 e.